The van der Waals surface area contributed by atoms with E-state index in [0.717, 1.165) is 31.5 Å². The first-order valence-electron chi connectivity index (χ1n) is 8.22. The summed E-state index contributed by atoms with van der Waals surface area (Å²) >= 11 is 0. The van der Waals surface area contributed by atoms with Gasteiger partial charge >= 0.3 is 0 Å². The number of carbonyl (C=O) groups is 1. The maximum absolute atomic E-state index is 12.1. The molecule has 2 rings (SSSR count). The number of benzene rings is 1. The molecule has 0 aromatic heterocycles. The lowest BCUT2D eigenvalue weighted by atomic mass is 10.0. The van der Waals surface area contributed by atoms with Crippen LogP contribution in [-0.2, 0) is 4.79 Å². The Bertz CT molecular complexity index is 502. The minimum atomic E-state index is -0.201. The number of aliphatic hydroxyl groups excluding tert-OH is 1. The molecule has 0 saturated heterocycles. The van der Waals surface area contributed by atoms with Crippen LogP contribution in [0, 0.1) is 5.92 Å². The van der Waals surface area contributed by atoms with E-state index in [1.807, 2.05) is 30.1 Å². The third-order valence-corrected chi connectivity index (χ3v) is 4.42. The number of nitrogens with zero attached hydrogens (tertiary/aromatic N) is 1. The van der Waals surface area contributed by atoms with Crippen LogP contribution in [0.2, 0.25) is 0 Å². The highest BCUT2D eigenvalue weighted by atomic mass is 16.3. The predicted octanol–water partition coefficient (Wildman–Crippen LogP) is 2.84. The first-order chi connectivity index (χ1) is 10.5. The van der Waals surface area contributed by atoms with Crippen LogP contribution in [0.5, 0.6) is 0 Å². The molecule has 1 amide bonds. The second-order valence-electron chi connectivity index (χ2n) is 6.78. The summed E-state index contributed by atoms with van der Waals surface area (Å²) in [4.78, 5) is 14.1. The molecule has 0 aliphatic heterocycles. The van der Waals surface area contributed by atoms with Crippen molar-refractivity contribution >= 4 is 11.6 Å². The van der Waals surface area contributed by atoms with Crippen LogP contribution >= 0.6 is 0 Å². The maximum atomic E-state index is 12.1. The third-order valence-electron chi connectivity index (χ3n) is 4.42. The number of carbonyl (C=O) groups excluding carboxylic acids is 1. The van der Waals surface area contributed by atoms with Gasteiger partial charge in [0.25, 0.3) is 0 Å². The summed E-state index contributed by atoms with van der Waals surface area (Å²) in [5.74, 6) is 0.751. The van der Waals surface area contributed by atoms with Crippen molar-refractivity contribution in [3.05, 3.63) is 29.8 Å². The van der Waals surface area contributed by atoms with E-state index in [4.69, 9.17) is 0 Å². The Hall–Kier alpha value is -1.39. The fourth-order valence-corrected chi connectivity index (χ4v) is 3.12. The lowest BCUT2D eigenvalue weighted by Crippen LogP contribution is -2.35. The van der Waals surface area contributed by atoms with Gasteiger partial charge in [0.2, 0.25) is 5.91 Å². The molecule has 1 aliphatic carbocycles. The number of hydrogen-bond donors (Lipinski definition) is 2. The quantitative estimate of drug-likeness (QED) is 0.849. The van der Waals surface area contributed by atoms with Crippen molar-refractivity contribution < 1.29 is 9.90 Å². The molecule has 1 aromatic carbocycles. The van der Waals surface area contributed by atoms with Crippen LogP contribution in [-0.4, -0.2) is 42.2 Å². The van der Waals surface area contributed by atoms with Gasteiger partial charge in [0.1, 0.15) is 0 Å². The highest BCUT2D eigenvalue weighted by Crippen LogP contribution is 2.26. The van der Waals surface area contributed by atoms with Gasteiger partial charge in [-0.15, -0.1) is 0 Å². The molecule has 1 fully saturated rings. The molecule has 1 aromatic rings. The zero-order chi connectivity index (χ0) is 16.1. The summed E-state index contributed by atoms with van der Waals surface area (Å²) < 4.78 is 0. The predicted molar refractivity (Wildman–Crippen MR) is 90.0 cm³/mol. The van der Waals surface area contributed by atoms with Gasteiger partial charge in [-0.2, -0.15) is 0 Å². The van der Waals surface area contributed by atoms with E-state index in [-0.39, 0.29) is 12.0 Å². The smallest absolute Gasteiger partial charge is 0.238 e. The van der Waals surface area contributed by atoms with Gasteiger partial charge in [-0.3, -0.25) is 9.69 Å². The summed E-state index contributed by atoms with van der Waals surface area (Å²) in [5.41, 5.74) is 2.07. The monoisotopic (exact) mass is 304 g/mol. The molecule has 0 heterocycles. The Morgan fingerprint density at radius 2 is 2.18 bits per heavy atom. The molecule has 2 N–H and O–H groups in total. The van der Waals surface area contributed by atoms with E-state index in [0.29, 0.717) is 18.4 Å². The van der Waals surface area contributed by atoms with Crippen molar-refractivity contribution in [1.29, 1.82) is 0 Å². The average molecular weight is 304 g/mol. The Balaban J connectivity index is 1.83. The van der Waals surface area contributed by atoms with E-state index in [9.17, 15) is 9.90 Å². The highest BCUT2D eigenvalue weighted by Gasteiger charge is 2.26. The van der Waals surface area contributed by atoms with Crippen LogP contribution in [0.3, 0.4) is 0 Å². The maximum Gasteiger partial charge on any atom is 0.238 e. The summed E-state index contributed by atoms with van der Waals surface area (Å²) in [5, 5.41) is 12.8. The van der Waals surface area contributed by atoms with Gasteiger partial charge in [-0.05, 0) is 49.4 Å². The minimum Gasteiger partial charge on any atom is -0.393 e. The summed E-state index contributed by atoms with van der Waals surface area (Å²) in [7, 11) is 1.94. The van der Waals surface area contributed by atoms with Gasteiger partial charge in [0.15, 0.2) is 0 Å². The fraction of sp³-hybridized carbons (Fsp3) is 0.611. The van der Waals surface area contributed by atoms with Crippen molar-refractivity contribution in [3.63, 3.8) is 0 Å². The van der Waals surface area contributed by atoms with E-state index in [1.54, 1.807) is 0 Å². The normalized spacial score (nSPS) is 21.5. The Labute approximate surface area is 133 Å². The standard InChI is InChI=1S/C18H28N2O2/c1-13(2)14-6-4-8-16(10-14)19-18(22)12-20(3)11-15-7-5-9-17(15)21/h4,6,8,10,13,15,17,21H,5,7,9,11-12H2,1-3H3,(H,19,22). The topological polar surface area (TPSA) is 52.6 Å². The average Bonchev–Trinajstić information content (AvgIpc) is 2.84. The summed E-state index contributed by atoms with van der Waals surface area (Å²) in [6.07, 6.45) is 2.85. The van der Waals surface area contributed by atoms with Crippen molar-refractivity contribution in [3.8, 4) is 0 Å². The second-order valence-corrected chi connectivity index (χ2v) is 6.78. The van der Waals surface area contributed by atoms with E-state index >= 15 is 0 Å². The molecule has 2 atom stereocenters. The first kappa shape index (κ1) is 17.0. The van der Waals surface area contributed by atoms with Crippen LogP contribution in [0.15, 0.2) is 24.3 Å². The molecule has 1 aliphatic rings. The van der Waals surface area contributed by atoms with Gasteiger partial charge in [0.05, 0.1) is 12.6 Å². The van der Waals surface area contributed by atoms with Crippen LogP contribution in [0.4, 0.5) is 5.69 Å². The van der Waals surface area contributed by atoms with Crippen LogP contribution in [0.25, 0.3) is 0 Å². The van der Waals surface area contributed by atoms with Crippen molar-refractivity contribution in [2.24, 2.45) is 5.92 Å². The SMILES string of the molecule is CC(C)c1cccc(NC(=O)CN(C)CC2CCCC2O)c1. The molecule has 122 valence electrons. The Kier molecular flexibility index (Phi) is 5.98. The molecule has 4 nitrogen and oxygen atoms in total. The zero-order valence-electron chi connectivity index (χ0n) is 13.9. The van der Waals surface area contributed by atoms with E-state index < -0.39 is 0 Å². The van der Waals surface area contributed by atoms with Crippen molar-refractivity contribution in [2.45, 2.75) is 45.1 Å². The molecule has 1 saturated carbocycles. The van der Waals surface area contributed by atoms with Gasteiger partial charge < -0.3 is 10.4 Å². The number of aliphatic hydroxyl groups is 1. The number of nitrogens with one attached hydrogen (secondary N) is 1. The first-order valence-corrected chi connectivity index (χ1v) is 8.22. The Morgan fingerprint density at radius 1 is 1.41 bits per heavy atom. The van der Waals surface area contributed by atoms with Crippen LogP contribution in [0.1, 0.15) is 44.6 Å². The molecule has 22 heavy (non-hydrogen) atoms. The number of likely N-dealkylation sites (N-methyl/N-ethyl adjacent to an activating group) is 1. The number of rotatable bonds is 6. The summed E-state index contributed by atoms with van der Waals surface area (Å²) in [6.45, 7) is 5.42. The van der Waals surface area contributed by atoms with Gasteiger partial charge in [-0.1, -0.05) is 32.4 Å². The molecular formula is C18H28N2O2. The highest BCUT2D eigenvalue weighted by molar-refractivity contribution is 5.92. The molecule has 0 radical (unpaired) electrons. The third kappa shape index (κ3) is 4.82. The van der Waals surface area contributed by atoms with Gasteiger partial charge in [-0.25, -0.2) is 0 Å². The van der Waals surface area contributed by atoms with E-state index in [1.165, 1.54) is 5.56 Å². The minimum absolute atomic E-state index is 0.00380. The summed E-state index contributed by atoms with van der Waals surface area (Å²) in [6, 6.07) is 8.01. The molecular weight excluding hydrogens is 276 g/mol. The molecule has 0 bridgehead atoms. The number of amides is 1. The molecule has 4 heteroatoms. The number of anilines is 1. The largest absolute Gasteiger partial charge is 0.393 e. The van der Waals surface area contributed by atoms with Crippen molar-refractivity contribution in [1.82, 2.24) is 4.90 Å². The lowest BCUT2D eigenvalue weighted by molar-refractivity contribution is -0.117. The number of hydrogen-bond acceptors (Lipinski definition) is 3. The zero-order valence-corrected chi connectivity index (χ0v) is 13.9. The lowest BCUT2D eigenvalue weighted by Gasteiger charge is -2.22. The molecule has 0 spiro atoms. The second kappa shape index (κ2) is 7.75. The van der Waals surface area contributed by atoms with E-state index in [2.05, 4.69) is 25.2 Å². The van der Waals surface area contributed by atoms with Gasteiger partial charge in [0, 0.05) is 12.2 Å². The fourth-order valence-electron chi connectivity index (χ4n) is 3.12. The van der Waals surface area contributed by atoms with Crippen molar-refractivity contribution in [2.75, 3.05) is 25.5 Å². The van der Waals surface area contributed by atoms with Crippen LogP contribution < -0.4 is 5.32 Å². The molecule has 2 unspecified atom stereocenters. The Morgan fingerprint density at radius 3 is 2.82 bits per heavy atom.